The van der Waals surface area contributed by atoms with E-state index in [1.807, 2.05) is 0 Å². The molecule has 11 nitrogen and oxygen atoms in total. The van der Waals surface area contributed by atoms with E-state index in [1.54, 1.807) is 25.3 Å². The molecule has 0 aliphatic carbocycles. The normalized spacial score (nSPS) is 23.8. The Balaban J connectivity index is 1.84. The SMILES string of the molecule is CC(O)C[C@@]1(COC(=O)C(C)C)OC[C@H](n2cnc3c(N)nc(N)nc32)O1. The number of nitrogen functional groups attached to an aromatic ring is 2. The van der Waals surface area contributed by atoms with Crippen LogP contribution in [0.3, 0.4) is 0 Å². The minimum Gasteiger partial charge on any atom is -0.460 e. The molecule has 2 aromatic heterocycles. The van der Waals surface area contributed by atoms with Crippen molar-refractivity contribution in [2.75, 3.05) is 24.7 Å². The first-order valence-corrected chi connectivity index (χ1v) is 8.63. The maximum atomic E-state index is 11.8. The third-order valence-electron chi connectivity index (χ3n) is 4.13. The molecular formula is C16H24N6O5. The molecule has 0 bridgehead atoms. The molecule has 2 aromatic rings. The minimum atomic E-state index is -1.27. The molecule has 0 spiro atoms. The Morgan fingerprint density at radius 1 is 1.44 bits per heavy atom. The van der Waals surface area contributed by atoms with E-state index in [0.717, 1.165) is 0 Å². The lowest BCUT2D eigenvalue weighted by atomic mass is 10.1. The summed E-state index contributed by atoms with van der Waals surface area (Å²) >= 11 is 0. The molecule has 1 aliphatic heterocycles. The Morgan fingerprint density at radius 3 is 2.85 bits per heavy atom. The zero-order valence-electron chi connectivity index (χ0n) is 15.5. The van der Waals surface area contributed by atoms with Crippen molar-refractivity contribution in [3.05, 3.63) is 6.33 Å². The summed E-state index contributed by atoms with van der Waals surface area (Å²) in [6.07, 6.45) is 0.289. The van der Waals surface area contributed by atoms with Gasteiger partial charge in [0, 0.05) is 6.42 Å². The summed E-state index contributed by atoms with van der Waals surface area (Å²) in [7, 11) is 0. The molecule has 3 rings (SSSR count). The van der Waals surface area contributed by atoms with Crippen LogP contribution >= 0.6 is 0 Å². The van der Waals surface area contributed by atoms with Crippen molar-refractivity contribution >= 4 is 28.9 Å². The number of esters is 1. The molecule has 148 valence electrons. The molecule has 1 fully saturated rings. The van der Waals surface area contributed by atoms with E-state index in [4.69, 9.17) is 25.7 Å². The van der Waals surface area contributed by atoms with E-state index < -0.39 is 18.1 Å². The molecule has 3 heterocycles. The molecule has 27 heavy (non-hydrogen) atoms. The molecule has 11 heteroatoms. The lowest BCUT2D eigenvalue weighted by Gasteiger charge is -2.29. The number of fused-ring (bicyclic) bond motifs is 1. The molecule has 0 saturated carbocycles. The third kappa shape index (κ3) is 3.94. The number of carbonyl (C=O) groups excluding carboxylic acids is 1. The highest BCUT2D eigenvalue weighted by molar-refractivity contribution is 5.82. The summed E-state index contributed by atoms with van der Waals surface area (Å²) in [6.45, 7) is 5.07. The topological polar surface area (TPSA) is 161 Å². The van der Waals surface area contributed by atoms with Crippen LogP contribution in [0.2, 0.25) is 0 Å². The number of aliphatic hydroxyl groups is 1. The lowest BCUT2D eigenvalue weighted by molar-refractivity contribution is -0.223. The quantitative estimate of drug-likeness (QED) is 0.590. The van der Waals surface area contributed by atoms with E-state index in [-0.39, 0.29) is 43.3 Å². The van der Waals surface area contributed by atoms with Gasteiger partial charge in [-0.15, -0.1) is 0 Å². The zero-order valence-corrected chi connectivity index (χ0v) is 15.5. The molecular weight excluding hydrogens is 356 g/mol. The molecule has 0 radical (unpaired) electrons. The first kappa shape index (κ1) is 19.3. The lowest BCUT2D eigenvalue weighted by Crippen LogP contribution is -2.40. The fourth-order valence-electron chi connectivity index (χ4n) is 2.88. The molecule has 3 atom stereocenters. The van der Waals surface area contributed by atoms with Crippen LogP contribution in [0.15, 0.2) is 6.33 Å². The summed E-state index contributed by atoms with van der Waals surface area (Å²) in [6, 6.07) is 0. The standard InChI is InChI=1S/C16H24N6O5/c1-8(2)14(24)25-6-16(4-9(3)23)26-5-10(27-16)22-7-19-11-12(17)20-15(18)21-13(11)22/h7-10,23H,4-6H2,1-3H3,(H4,17,18,20,21)/t9?,10-,16-/m1/s1. The van der Waals surface area contributed by atoms with Crippen LogP contribution in [0.25, 0.3) is 11.2 Å². The van der Waals surface area contributed by atoms with Gasteiger partial charge < -0.3 is 30.8 Å². The van der Waals surface area contributed by atoms with Gasteiger partial charge in [0.1, 0.15) is 12.1 Å². The highest BCUT2D eigenvalue weighted by atomic mass is 16.8. The zero-order chi connectivity index (χ0) is 19.8. The molecule has 1 aliphatic rings. The van der Waals surface area contributed by atoms with Gasteiger partial charge in [-0.3, -0.25) is 9.36 Å². The van der Waals surface area contributed by atoms with Crippen molar-refractivity contribution < 1.29 is 24.1 Å². The summed E-state index contributed by atoms with van der Waals surface area (Å²) in [5, 5.41) is 9.84. The van der Waals surface area contributed by atoms with Gasteiger partial charge in [0.25, 0.3) is 0 Å². The summed E-state index contributed by atoms with van der Waals surface area (Å²) in [5.41, 5.74) is 12.3. The fourth-order valence-corrected chi connectivity index (χ4v) is 2.88. The maximum Gasteiger partial charge on any atom is 0.308 e. The number of nitrogens with two attached hydrogens (primary N) is 2. The number of aromatic nitrogens is 4. The van der Waals surface area contributed by atoms with Crippen molar-refractivity contribution in [1.29, 1.82) is 0 Å². The number of hydrogen-bond donors (Lipinski definition) is 3. The summed E-state index contributed by atoms with van der Waals surface area (Å²) < 4.78 is 18.8. The average molecular weight is 380 g/mol. The second kappa shape index (κ2) is 7.25. The van der Waals surface area contributed by atoms with Crippen molar-refractivity contribution in [3.63, 3.8) is 0 Å². The van der Waals surface area contributed by atoms with Gasteiger partial charge in [-0.1, -0.05) is 13.8 Å². The fraction of sp³-hybridized carbons (Fsp3) is 0.625. The van der Waals surface area contributed by atoms with E-state index in [1.165, 1.54) is 6.33 Å². The van der Waals surface area contributed by atoms with Crippen LogP contribution in [0.5, 0.6) is 0 Å². The average Bonchev–Trinajstić information content (AvgIpc) is 3.16. The highest BCUT2D eigenvalue weighted by Gasteiger charge is 2.45. The number of ether oxygens (including phenoxy) is 3. The van der Waals surface area contributed by atoms with Crippen LogP contribution in [0.4, 0.5) is 11.8 Å². The van der Waals surface area contributed by atoms with E-state index in [0.29, 0.717) is 11.2 Å². The Bertz CT molecular complexity index is 838. The van der Waals surface area contributed by atoms with Crippen LogP contribution in [0, 0.1) is 5.92 Å². The van der Waals surface area contributed by atoms with Crippen LogP contribution in [-0.4, -0.2) is 55.7 Å². The molecule has 0 aromatic carbocycles. The summed E-state index contributed by atoms with van der Waals surface area (Å²) in [5.74, 6) is -1.76. The van der Waals surface area contributed by atoms with Gasteiger partial charge in [0.05, 0.1) is 25.0 Å². The molecule has 0 amide bonds. The van der Waals surface area contributed by atoms with Crippen molar-refractivity contribution in [3.8, 4) is 0 Å². The number of imidazole rings is 1. The Morgan fingerprint density at radius 2 is 2.19 bits per heavy atom. The predicted octanol–water partition coefficient (Wildman–Crippen LogP) is 0.203. The van der Waals surface area contributed by atoms with E-state index in [9.17, 15) is 9.90 Å². The van der Waals surface area contributed by atoms with Crippen LogP contribution in [-0.2, 0) is 19.0 Å². The van der Waals surface area contributed by atoms with Crippen molar-refractivity contribution in [2.24, 2.45) is 5.92 Å². The molecule has 1 unspecified atom stereocenters. The van der Waals surface area contributed by atoms with Gasteiger partial charge in [-0.2, -0.15) is 9.97 Å². The minimum absolute atomic E-state index is 0.0155. The van der Waals surface area contributed by atoms with Gasteiger partial charge in [0.2, 0.25) is 11.7 Å². The number of hydrogen-bond acceptors (Lipinski definition) is 10. The predicted molar refractivity (Wildman–Crippen MR) is 95.0 cm³/mol. The third-order valence-corrected chi connectivity index (χ3v) is 4.13. The monoisotopic (exact) mass is 380 g/mol. The Hall–Kier alpha value is -2.50. The highest BCUT2D eigenvalue weighted by Crippen LogP contribution is 2.35. The Kier molecular flexibility index (Phi) is 5.18. The van der Waals surface area contributed by atoms with Crippen LogP contribution < -0.4 is 11.5 Å². The Labute approximate surface area is 155 Å². The smallest absolute Gasteiger partial charge is 0.308 e. The number of rotatable bonds is 6. The first-order valence-electron chi connectivity index (χ1n) is 8.63. The number of carbonyl (C=O) groups is 1. The van der Waals surface area contributed by atoms with E-state index >= 15 is 0 Å². The second-order valence-corrected chi connectivity index (χ2v) is 6.90. The second-order valence-electron chi connectivity index (χ2n) is 6.90. The largest absolute Gasteiger partial charge is 0.460 e. The maximum absolute atomic E-state index is 11.8. The van der Waals surface area contributed by atoms with Gasteiger partial charge in [-0.25, -0.2) is 4.98 Å². The summed E-state index contributed by atoms with van der Waals surface area (Å²) in [4.78, 5) is 24.1. The van der Waals surface area contributed by atoms with Crippen LogP contribution in [0.1, 0.15) is 33.4 Å². The van der Waals surface area contributed by atoms with Gasteiger partial charge in [0.15, 0.2) is 17.7 Å². The number of aliphatic hydroxyl groups excluding tert-OH is 1. The number of anilines is 2. The van der Waals surface area contributed by atoms with Crippen molar-refractivity contribution in [2.45, 2.75) is 45.3 Å². The van der Waals surface area contributed by atoms with E-state index in [2.05, 4.69) is 15.0 Å². The van der Waals surface area contributed by atoms with Crippen molar-refractivity contribution in [1.82, 2.24) is 19.5 Å². The van der Waals surface area contributed by atoms with Gasteiger partial charge >= 0.3 is 5.97 Å². The number of nitrogens with zero attached hydrogens (tertiary/aromatic N) is 4. The first-order chi connectivity index (χ1) is 12.7. The van der Waals surface area contributed by atoms with Gasteiger partial charge in [-0.05, 0) is 6.92 Å². The molecule has 1 saturated heterocycles. The molecule has 5 N–H and O–H groups in total.